The van der Waals surface area contributed by atoms with E-state index in [0.29, 0.717) is 5.56 Å². The van der Waals surface area contributed by atoms with Crippen molar-refractivity contribution in [1.82, 2.24) is 15.5 Å². The first-order valence-electron chi connectivity index (χ1n) is 15.4. The average molecular weight is 666 g/mol. The van der Waals surface area contributed by atoms with E-state index < -0.39 is 53.2 Å². The predicted molar refractivity (Wildman–Crippen MR) is 181 cm³/mol. The SMILES string of the molecule is O=C(N[C@@H](Cc1ccccc1)C(=O)N1C(c2ccccc2)SC[C@H]1C(=O)N[C@@H](Cc1ccccc1)C(=O)C(=O)O)OCc1ccccc1. The number of aliphatic carboxylic acids is 1. The highest BCUT2D eigenvalue weighted by molar-refractivity contribution is 7.99. The van der Waals surface area contributed by atoms with Crippen LogP contribution in [0.2, 0.25) is 0 Å². The van der Waals surface area contributed by atoms with Crippen LogP contribution in [0.15, 0.2) is 121 Å². The van der Waals surface area contributed by atoms with Crippen LogP contribution in [-0.4, -0.2) is 63.5 Å². The van der Waals surface area contributed by atoms with E-state index in [4.69, 9.17) is 4.74 Å². The van der Waals surface area contributed by atoms with Crippen molar-refractivity contribution in [2.24, 2.45) is 0 Å². The first-order valence-corrected chi connectivity index (χ1v) is 16.5. The van der Waals surface area contributed by atoms with Gasteiger partial charge in [-0.05, 0) is 22.3 Å². The first kappa shape index (κ1) is 33.9. The molecule has 1 fully saturated rings. The molecule has 0 bridgehead atoms. The molecular weight excluding hydrogens is 630 g/mol. The lowest BCUT2D eigenvalue weighted by Gasteiger charge is -2.33. The number of ketones is 1. The lowest BCUT2D eigenvalue weighted by molar-refractivity contribution is -0.151. The molecule has 1 aliphatic heterocycles. The van der Waals surface area contributed by atoms with E-state index in [1.807, 2.05) is 91.0 Å². The summed E-state index contributed by atoms with van der Waals surface area (Å²) in [4.78, 5) is 67.5. The van der Waals surface area contributed by atoms with Crippen molar-refractivity contribution >= 4 is 41.4 Å². The number of hydrogen-bond donors (Lipinski definition) is 3. The molecule has 4 atom stereocenters. The van der Waals surface area contributed by atoms with E-state index in [1.165, 1.54) is 16.7 Å². The Hall–Kier alpha value is -5.42. The van der Waals surface area contributed by atoms with Gasteiger partial charge in [0, 0.05) is 18.6 Å². The Bertz CT molecular complexity index is 1710. The number of nitrogens with zero attached hydrogens (tertiary/aromatic N) is 1. The van der Waals surface area contributed by atoms with E-state index in [1.54, 1.807) is 30.3 Å². The summed E-state index contributed by atoms with van der Waals surface area (Å²) in [6.07, 6.45) is -0.725. The number of ether oxygens (including phenoxy) is 1. The van der Waals surface area contributed by atoms with Crippen LogP contribution >= 0.6 is 11.8 Å². The summed E-state index contributed by atoms with van der Waals surface area (Å²) in [5.74, 6) is -3.87. The summed E-state index contributed by atoms with van der Waals surface area (Å²) in [6.45, 7) is -0.00341. The normalized spacial score (nSPS) is 16.7. The van der Waals surface area contributed by atoms with Crippen molar-refractivity contribution in [3.05, 3.63) is 144 Å². The number of benzene rings is 4. The van der Waals surface area contributed by atoms with Crippen LogP contribution < -0.4 is 10.6 Å². The molecule has 246 valence electrons. The van der Waals surface area contributed by atoms with Gasteiger partial charge < -0.3 is 25.4 Å². The fraction of sp³-hybridized carbons (Fsp3) is 0.216. The highest BCUT2D eigenvalue weighted by atomic mass is 32.2. The van der Waals surface area contributed by atoms with Gasteiger partial charge in [-0.1, -0.05) is 121 Å². The number of Topliss-reactive ketones (excluding diaryl/α,β-unsaturated/α-hetero) is 1. The third-order valence-corrected chi connectivity index (χ3v) is 9.18. The monoisotopic (exact) mass is 665 g/mol. The Kier molecular flexibility index (Phi) is 11.6. The fourth-order valence-corrected chi connectivity index (χ4v) is 6.90. The zero-order valence-corrected chi connectivity index (χ0v) is 26.8. The van der Waals surface area contributed by atoms with Crippen LogP contribution in [0.4, 0.5) is 4.79 Å². The summed E-state index contributed by atoms with van der Waals surface area (Å²) in [6, 6.07) is 32.7. The summed E-state index contributed by atoms with van der Waals surface area (Å²) in [5.41, 5.74) is 2.97. The molecule has 0 radical (unpaired) electrons. The molecule has 11 heteroatoms. The first-order chi connectivity index (χ1) is 23.3. The molecule has 3 amide bonds. The minimum Gasteiger partial charge on any atom is -0.475 e. The number of carboxylic acids is 1. The maximum Gasteiger partial charge on any atom is 0.408 e. The van der Waals surface area contributed by atoms with Gasteiger partial charge in [-0.2, -0.15) is 0 Å². The molecule has 3 N–H and O–H groups in total. The summed E-state index contributed by atoms with van der Waals surface area (Å²) >= 11 is 1.36. The third kappa shape index (κ3) is 8.89. The average Bonchev–Trinajstić information content (AvgIpc) is 3.57. The summed E-state index contributed by atoms with van der Waals surface area (Å²) in [7, 11) is 0. The lowest BCUT2D eigenvalue weighted by atomic mass is 10.0. The van der Waals surface area contributed by atoms with Gasteiger partial charge in [0.15, 0.2) is 0 Å². The third-order valence-electron chi connectivity index (χ3n) is 7.85. The van der Waals surface area contributed by atoms with Gasteiger partial charge in [-0.15, -0.1) is 11.8 Å². The number of thioether (sulfide) groups is 1. The molecule has 48 heavy (non-hydrogen) atoms. The van der Waals surface area contributed by atoms with Gasteiger partial charge in [0.2, 0.25) is 11.8 Å². The van der Waals surface area contributed by atoms with Crippen LogP contribution in [-0.2, 0) is 43.4 Å². The van der Waals surface area contributed by atoms with Gasteiger partial charge in [0.25, 0.3) is 5.78 Å². The number of alkyl carbamates (subject to hydrolysis) is 1. The predicted octanol–water partition coefficient (Wildman–Crippen LogP) is 4.55. The molecule has 1 unspecified atom stereocenters. The summed E-state index contributed by atoms with van der Waals surface area (Å²) in [5, 5.41) is 14.3. The van der Waals surface area contributed by atoms with Crippen LogP contribution in [0.1, 0.15) is 27.6 Å². The minimum absolute atomic E-state index is 0.00341. The van der Waals surface area contributed by atoms with Crippen LogP contribution in [0.5, 0.6) is 0 Å². The Morgan fingerprint density at radius 3 is 1.75 bits per heavy atom. The maximum atomic E-state index is 14.6. The van der Waals surface area contributed by atoms with Crippen LogP contribution in [0, 0.1) is 0 Å². The van der Waals surface area contributed by atoms with Gasteiger partial charge in [0.1, 0.15) is 30.1 Å². The smallest absolute Gasteiger partial charge is 0.408 e. The molecule has 0 spiro atoms. The fourth-order valence-electron chi connectivity index (χ4n) is 5.46. The zero-order valence-electron chi connectivity index (χ0n) is 25.9. The molecule has 1 aliphatic rings. The van der Waals surface area contributed by atoms with E-state index in [-0.39, 0.29) is 25.2 Å². The molecule has 0 saturated carbocycles. The number of rotatable bonds is 13. The van der Waals surface area contributed by atoms with E-state index in [9.17, 15) is 29.1 Å². The summed E-state index contributed by atoms with van der Waals surface area (Å²) < 4.78 is 5.45. The number of amides is 3. The molecule has 5 rings (SSSR count). The van der Waals surface area contributed by atoms with Crippen molar-refractivity contribution in [3.63, 3.8) is 0 Å². The van der Waals surface area contributed by atoms with E-state index in [2.05, 4.69) is 10.6 Å². The zero-order chi connectivity index (χ0) is 33.9. The van der Waals surface area contributed by atoms with Gasteiger partial charge in [-0.25, -0.2) is 9.59 Å². The molecule has 4 aromatic rings. The van der Waals surface area contributed by atoms with Crippen molar-refractivity contribution in [1.29, 1.82) is 0 Å². The van der Waals surface area contributed by atoms with E-state index >= 15 is 0 Å². The van der Waals surface area contributed by atoms with Crippen LogP contribution in [0.3, 0.4) is 0 Å². The van der Waals surface area contributed by atoms with Crippen LogP contribution in [0.25, 0.3) is 0 Å². The molecule has 0 aliphatic carbocycles. The van der Waals surface area contributed by atoms with Crippen molar-refractivity contribution in [2.75, 3.05) is 5.75 Å². The molecule has 4 aromatic carbocycles. The van der Waals surface area contributed by atoms with Crippen molar-refractivity contribution in [3.8, 4) is 0 Å². The second-order valence-electron chi connectivity index (χ2n) is 11.2. The highest BCUT2D eigenvalue weighted by Crippen LogP contribution is 2.42. The Morgan fingerprint density at radius 2 is 1.21 bits per heavy atom. The topological polar surface area (TPSA) is 142 Å². The number of hydrogen-bond acceptors (Lipinski definition) is 7. The quantitative estimate of drug-likeness (QED) is 0.177. The molecular formula is C37H35N3O7S. The number of carbonyl (C=O) groups is 5. The largest absolute Gasteiger partial charge is 0.475 e. The second-order valence-corrected chi connectivity index (χ2v) is 12.3. The Morgan fingerprint density at radius 1 is 0.708 bits per heavy atom. The van der Waals surface area contributed by atoms with E-state index in [0.717, 1.165) is 16.7 Å². The van der Waals surface area contributed by atoms with Gasteiger partial charge in [-0.3, -0.25) is 14.4 Å². The number of carboxylic acid groups (broad SMARTS) is 1. The van der Waals surface area contributed by atoms with Gasteiger partial charge >= 0.3 is 12.1 Å². The highest BCUT2D eigenvalue weighted by Gasteiger charge is 2.45. The number of nitrogens with one attached hydrogen (secondary N) is 2. The maximum absolute atomic E-state index is 14.6. The lowest BCUT2D eigenvalue weighted by Crippen LogP contribution is -2.57. The Labute approximate surface area is 282 Å². The molecule has 10 nitrogen and oxygen atoms in total. The molecule has 1 heterocycles. The molecule has 1 saturated heterocycles. The second kappa shape index (κ2) is 16.4. The Balaban J connectivity index is 1.43. The van der Waals surface area contributed by atoms with Gasteiger partial charge in [0.05, 0.1) is 0 Å². The van der Waals surface area contributed by atoms with Crippen molar-refractivity contribution < 1.29 is 33.8 Å². The van der Waals surface area contributed by atoms with Crippen molar-refractivity contribution in [2.45, 2.75) is 42.9 Å². The molecule has 0 aromatic heterocycles. The number of carbonyl (C=O) groups excluding carboxylic acids is 4. The standard InChI is InChI=1S/C37H35N3O7S/c41-32(36(44)45)29(21-25-13-5-1-6-14-25)38-33(42)31-24-48-35(28-19-11-4-12-20-28)40(31)34(43)30(22-26-15-7-2-8-16-26)39-37(46)47-23-27-17-9-3-10-18-27/h1-20,29-31,35H,21-24H2,(H,38,42)(H,39,46)(H,44,45)/t29-,30-,31-,35?/m0/s1. The minimum atomic E-state index is -1.67.